The van der Waals surface area contributed by atoms with Gasteiger partial charge in [-0.2, -0.15) is 0 Å². The second-order valence-electron chi connectivity index (χ2n) is 4.36. The largest absolute Gasteiger partial charge is 0.481 e. The van der Waals surface area contributed by atoms with Crippen LogP contribution < -0.4 is 4.74 Å². The van der Waals surface area contributed by atoms with Gasteiger partial charge in [-0.15, -0.1) is 0 Å². The summed E-state index contributed by atoms with van der Waals surface area (Å²) in [6, 6.07) is 11.0. The third-order valence-corrected chi connectivity index (χ3v) is 3.49. The van der Waals surface area contributed by atoms with Crippen LogP contribution in [0.4, 0.5) is 0 Å². The van der Waals surface area contributed by atoms with Gasteiger partial charge in [-0.3, -0.25) is 4.79 Å². The van der Waals surface area contributed by atoms with Crippen molar-refractivity contribution in [1.29, 1.82) is 0 Å². The summed E-state index contributed by atoms with van der Waals surface area (Å²) in [5, 5.41) is 9.45. The zero-order valence-corrected chi connectivity index (χ0v) is 12.5. The van der Waals surface area contributed by atoms with Crippen molar-refractivity contribution in [2.75, 3.05) is 7.11 Å². The van der Waals surface area contributed by atoms with E-state index >= 15 is 0 Å². The first-order valence-corrected chi connectivity index (χ1v) is 6.86. The average molecular weight is 336 g/mol. The van der Waals surface area contributed by atoms with E-state index in [1.807, 2.05) is 24.3 Å². The number of rotatable bonds is 5. The van der Waals surface area contributed by atoms with Crippen molar-refractivity contribution in [3.63, 3.8) is 0 Å². The Morgan fingerprint density at radius 2 is 2.20 bits per heavy atom. The van der Waals surface area contributed by atoms with Crippen molar-refractivity contribution >= 4 is 21.9 Å². The van der Waals surface area contributed by atoms with Gasteiger partial charge in [0.15, 0.2) is 0 Å². The second-order valence-corrected chi connectivity index (χ2v) is 5.27. The summed E-state index contributed by atoms with van der Waals surface area (Å²) in [6.45, 7) is 0. The van der Waals surface area contributed by atoms with Crippen LogP contribution in [0.5, 0.6) is 5.88 Å². The van der Waals surface area contributed by atoms with Crippen LogP contribution in [0.1, 0.15) is 17.0 Å². The number of methoxy groups -OCH3 is 1. The Morgan fingerprint density at radius 1 is 1.40 bits per heavy atom. The lowest BCUT2D eigenvalue weighted by atomic mass is 9.93. The molecule has 2 aromatic rings. The molecule has 0 saturated carbocycles. The molecule has 20 heavy (non-hydrogen) atoms. The molecule has 1 atom stereocenters. The van der Waals surface area contributed by atoms with Crippen molar-refractivity contribution < 1.29 is 14.6 Å². The summed E-state index contributed by atoms with van der Waals surface area (Å²) in [7, 11) is 1.51. The third kappa shape index (κ3) is 3.57. The van der Waals surface area contributed by atoms with Crippen LogP contribution in [0, 0.1) is 0 Å². The number of ether oxygens (including phenoxy) is 1. The van der Waals surface area contributed by atoms with Crippen LogP contribution >= 0.6 is 15.9 Å². The molecule has 0 saturated heterocycles. The minimum absolute atomic E-state index is 0.419. The van der Waals surface area contributed by atoms with Gasteiger partial charge in [-0.05, 0) is 35.7 Å². The van der Waals surface area contributed by atoms with E-state index in [1.54, 1.807) is 18.3 Å². The number of pyridine rings is 1. The zero-order chi connectivity index (χ0) is 14.5. The van der Waals surface area contributed by atoms with Gasteiger partial charge in [0.2, 0.25) is 5.88 Å². The lowest BCUT2D eigenvalue weighted by Crippen LogP contribution is -2.14. The lowest BCUT2D eigenvalue weighted by Gasteiger charge is -2.13. The molecule has 2 rings (SSSR count). The first kappa shape index (κ1) is 14.5. The number of carboxylic acid groups (broad SMARTS) is 1. The highest BCUT2D eigenvalue weighted by atomic mass is 79.9. The Labute approximate surface area is 125 Å². The van der Waals surface area contributed by atoms with E-state index in [0.29, 0.717) is 17.9 Å². The molecule has 0 aliphatic heterocycles. The number of hydrogen-bond acceptors (Lipinski definition) is 3. The monoisotopic (exact) mass is 335 g/mol. The maximum Gasteiger partial charge on any atom is 0.311 e. The van der Waals surface area contributed by atoms with Gasteiger partial charge in [0, 0.05) is 16.7 Å². The highest BCUT2D eigenvalue weighted by Gasteiger charge is 2.21. The number of carbonyl (C=O) groups is 1. The second kappa shape index (κ2) is 6.52. The summed E-state index contributed by atoms with van der Waals surface area (Å²) in [5.74, 6) is -1.07. The Bertz CT molecular complexity index is 616. The van der Waals surface area contributed by atoms with Gasteiger partial charge in [0.25, 0.3) is 0 Å². The number of benzene rings is 1. The highest BCUT2D eigenvalue weighted by molar-refractivity contribution is 9.10. The SMILES string of the molecule is COc1cc(C(Cc2cccc(Br)c2)C(=O)O)ccn1. The molecule has 5 heteroatoms. The molecule has 0 aliphatic rings. The van der Waals surface area contributed by atoms with E-state index in [4.69, 9.17) is 4.74 Å². The molecule has 0 aliphatic carbocycles. The zero-order valence-electron chi connectivity index (χ0n) is 10.9. The van der Waals surface area contributed by atoms with E-state index in [0.717, 1.165) is 10.0 Å². The summed E-state index contributed by atoms with van der Waals surface area (Å²) in [5.41, 5.74) is 1.65. The fraction of sp³-hybridized carbons (Fsp3) is 0.200. The highest BCUT2D eigenvalue weighted by Crippen LogP contribution is 2.24. The van der Waals surface area contributed by atoms with Crippen molar-refractivity contribution in [3.8, 4) is 5.88 Å². The predicted molar refractivity (Wildman–Crippen MR) is 79.0 cm³/mol. The molecule has 0 spiro atoms. The molecule has 0 bridgehead atoms. The molecule has 0 radical (unpaired) electrons. The predicted octanol–water partition coefficient (Wildman–Crippen LogP) is 3.26. The van der Waals surface area contributed by atoms with Crippen molar-refractivity contribution in [2.45, 2.75) is 12.3 Å². The summed E-state index contributed by atoms with van der Waals surface area (Å²) < 4.78 is 5.98. The maximum absolute atomic E-state index is 11.5. The van der Waals surface area contributed by atoms with E-state index in [9.17, 15) is 9.90 Å². The molecular formula is C15H14BrNO3. The molecular weight excluding hydrogens is 322 g/mol. The number of nitrogens with zero attached hydrogens (tertiary/aromatic N) is 1. The van der Waals surface area contributed by atoms with Crippen LogP contribution in [0.25, 0.3) is 0 Å². The molecule has 0 amide bonds. The van der Waals surface area contributed by atoms with E-state index in [1.165, 1.54) is 7.11 Å². The maximum atomic E-state index is 11.5. The van der Waals surface area contributed by atoms with Crippen LogP contribution in [0.15, 0.2) is 47.1 Å². The van der Waals surface area contributed by atoms with Crippen LogP contribution in [0.2, 0.25) is 0 Å². The molecule has 1 heterocycles. The fourth-order valence-corrected chi connectivity index (χ4v) is 2.45. The molecule has 1 aromatic heterocycles. The minimum Gasteiger partial charge on any atom is -0.481 e. The molecule has 0 fully saturated rings. The molecule has 1 N–H and O–H groups in total. The van der Waals surface area contributed by atoms with Gasteiger partial charge in [-0.25, -0.2) is 4.98 Å². The number of halogens is 1. The molecule has 1 aromatic carbocycles. The van der Waals surface area contributed by atoms with Gasteiger partial charge in [0.05, 0.1) is 13.0 Å². The number of carboxylic acids is 1. The first-order valence-electron chi connectivity index (χ1n) is 6.07. The molecule has 104 valence electrons. The Morgan fingerprint density at radius 3 is 2.85 bits per heavy atom. The summed E-state index contributed by atoms with van der Waals surface area (Å²) >= 11 is 3.39. The summed E-state index contributed by atoms with van der Waals surface area (Å²) in [4.78, 5) is 15.5. The van der Waals surface area contributed by atoms with Gasteiger partial charge >= 0.3 is 5.97 Å². The topological polar surface area (TPSA) is 59.4 Å². The standard InChI is InChI=1S/C15H14BrNO3/c1-20-14-9-11(5-6-17-14)13(15(18)19)8-10-3-2-4-12(16)7-10/h2-7,9,13H,8H2,1H3,(H,18,19). The fourth-order valence-electron chi connectivity index (χ4n) is 2.00. The Balaban J connectivity index is 2.29. The van der Waals surface area contributed by atoms with Crippen molar-refractivity contribution in [3.05, 3.63) is 58.2 Å². The quantitative estimate of drug-likeness (QED) is 0.910. The van der Waals surface area contributed by atoms with Crippen LogP contribution in [-0.2, 0) is 11.2 Å². The van der Waals surface area contributed by atoms with Gasteiger partial charge in [-0.1, -0.05) is 28.1 Å². The van der Waals surface area contributed by atoms with Crippen molar-refractivity contribution in [1.82, 2.24) is 4.98 Å². The Kier molecular flexibility index (Phi) is 4.74. The van der Waals surface area contributed by atoms with E-state index in [-0.39, 0.29) is 0 Å². The van der Waals surface area contributed by atoms with Gasteiger partial charge < -0.3 is 9.84 Å². The number of aliphatic carboxylic acids is 1. The smallest absolute Gasteiger partial charge is 0.311 e. The normalized spacial score (nSPS) is 11.9. The van der Waals surface area contributed by atoms with Crippen LogP contribution in [0.3, 0.4) is 0 Å². The van der Waals surface area contributed by atoms with Crippen LogP contribution in [-0.4, -0.2) is 23.2 Å². The first-order chi connectivity index (χ1) is 9.60. The lowest BCUT2D eigenvalue weighted by molar-refractivity contribution is -0.138. The number of aromatic nitrogens is 1. The van der Waals surface area contributed by atoms with Crippen molar-refractivity contribution in [2.24, 2.45) is 0 Å². The molecule has 4 nitrogen and oxygen atoms in total. The summed E-state index contributed by atoms with van der Waals surface area (Å²) in [6.07, 6.45) is 1.98. The number of hydrogen-bond donors (Lipinski definition) is 1. The molecule has 1 unspecified atom stereocenters. The van der Waals surface area contributed by atoms with E-state index in [2.05, 4.69) is 20.9 Å². The average Bonchev–Trinajstić information content (AvgIpc) is 2.44. The Hall–Kier alpha value is -1.88. The van der Waals surface area contributed by atoms with E-state index < -0.39 is 11.9 Å². The van der Waals surface area contributed by atoms with Gasteiger partial charge in [0.1, 0.15) is 0 Å². The minimum atomic E-state index is -0.863. The third-order valence-electron chi connectivity index (χ3n) is 3.00.